The maximum atomic E-state index is 10.2. The quantitative estimate of drug-likeness (QED) is 0.573. The molecule has 0 aliphatic heterocycles. The van der Waals surface area contributed by atoms with E-state index in [1.807, 2.05) is 6.26 Å². The summed E-state index contributed by atoms with van der Waals surface area (Å²) in [5, 5.41) is 16.7. The van der Waals surface area contributed by atoms with Crippen molar-refractivity contribution in [3.63, 3.8) is 0 Å². The van der Waals surface area contributed by atoms with Crippen LogP contribution in [0.2, 0.25) is 0 Å². The van der Waals surface area contributed by atoms with Crippen LogP contribution in [0.25, 0.3) is 0 Å². The Bertz CT molecular complexity index is 114. The van der Waals surface area contributed by atoms with Gasteiger partial charge in [0.1, 0.15) is 6.04 Å². The first-order valence-electron chi connectivity index (χ1n) is 2.83. The standard InChI is InChI=1S/C5H11NO3S.Cr/c1-10-3-2-4(6-9)5(7)8;/h4,6,9H,2-3H2,1H3,(H,7,8);/t4-;/m0./s1. The third-order valence-corrected chi connectivity index (χ3v) is 1.71. The number of carbonyl (C=O) groups is 1. The Balaban J connectivity index is 0. The van der Waals surface area contributed by atoms with Gasteiger partial charge in [0.05, 0.1) is 0 Å². The summed E-state index contributed by atoms with van der Waals surface area (Å²) in [6.45, 7) is 0. The van der Waals surface area contributed by atoms with Crippen LogP contribution < -0.4 is 5.48 Å². The fourth-order valence-electron chi connectivity index (χ4n) is 0.479. The Hall–Kier alpha value is 0.272. The molecule has 0 aromatic heterocycles. The summed E-state index contributed by atoms with van der Waals surface area (Å²) in [6, 6.07) is -0.826. The van der Waals surface area contributed by atoms with Crippen molar-refractivity contribution in [1.82, 2.24) is 5.48 Å². The SMILES string of the molecule is CSCC[C@H](NO)C(=O)O.[Cr]. The zero-order valence-electron chi connectivity index (χ0n) is 6.11. The summed E-state index contributed by atoms with van der Waals surface area (Å²) >= 11 is 1.55. The molecule has 1 atom stereocenters. The minimum atomic E-state index is -1.02. The Kier molecular flexibility index (Phi) is 10.5. The summed E-state index contributed by atoms with van der Waals surface area (Å²) in [4.78, 5) is 10.2. The van der Waals surface area contributed by atoms with E-state index in [0.29, 0.717) is 6.42 Å². The maximum absolute atomic E-state index is 10.2. The summed E-state index contributed by atoms with van der Waals surface area (Å²) in [5.41, 5.74) is 1.72. The Labute approximate surface area is 80.4 Å². The molecule has 66 valence electrons. The van der Waals surface area contributed by atoms with E-state index >= 15 is 0 Å². The average molecular weight is 217 g/mol. The second kappa shape index (κ2) is 8.37. The van der Waals surface area contributed by atoms with Crippen molar-refractivity contribution in [2.45, 2.75) is 12.5 Å². The Morgan fingerprint density at radius 3 is 2.55 bits per heavy atom. The number of carboxylic acids is 1. The second-order valence-corrected chi connectivity index (χ2v) is 2.79. The van der Waals surface area contributed by atoms with Gasteiger partial charge in [0.15, 0.2) is 0 Å². The van der Waals surface area contributed by atoms with Crippen molar-refractivity contribution in [2.75, 3.05) is 12.0 Å². The molecule has 0 bridgehead atoms. The van der Waals surface area contributed by atoms with Crippen molar-refractivity contribution in [3.8, 4) is 0 Å². The van der Waals surface area contributed by atoms with Crippen LogP contribution in [0.4, 0.5) is 0 Å². The zero-order valence-corrected chi connectivity index (χ0v) is 8.20. The number of hydrogen-bond donors (Lipinski definition) is 3. The molecule has 4 nitrogen and oxygen atoms in total. The normalized spacial score (nSPS) is 11.8. The molecule has 0 saturated heterocycles. The van der Waals surface area contributed by atoms with E-state index in [-0.39, 0.29) is 17.4 Å². The number of rotatable bonds is 5. The third kappa shape index (κ3) is 6.66. The topological polar surface area (TPSA) is 69.6 Å². The predicted molar refractivity (Wildman–Crippen MR) is 39.3 cm³/mol. The molecule has 0 rings (SSSR count). The van der Waals surface area contributed by atoms with Gasteiger partial charge in [0.25, 0.3) is 0 Å². The number of hydroxylamine groups is 1. The van der Waals surface area contributed by atoms with Crippen molar-refractivity contribution in [3.05, 3.63) is 0 Å². The first-order chi connectivity index (χ1) is 4.72. The molecular weight excluding hydrogens is 206 g/mol. The van der Waals surface area contributed by atoms with Gasteiger partial charge in [0.2, 0.25) is 0 Å². The summed E-state index contributed by atoms with van der Waals surface area (Å²) < 4.78 is 0. The van der Waals surface area contributed by atoms with E-state index in [0.717, 1.165) is 5.75 Å². The van der Waals surface area contributed by atoms with Crippen LogP contribution in [-0.2, 0) is 22.2 Å². The van der Waals surface area contributed by atoms with Gasteiger partial charge in [-0.25, -0.2) is 0 Å². The van der Waals surface area contributed by atoms with Crippen LogP contribution in [0.3, 0.4) is 0 Å². The molecule has 0 aliphatic rings. The van der Waals surface area contributed by atoms with E-state index in [4.69, 9.17) is 10.3 Å². The van der Waals surface area contributed by atoms with Gasteiger partial charge in [-0.1, -0.05) is 0 Å². The molecule has 0 fully saturated rings. The predicted octanol–water partition coefficient (Wildman–Crippen LogP) is 0.169. The molecule has 0 saturated carbocycles. The molecule has 6 heteroatoms. The van der Waals surface area contributed by atoms with Crippen molar-refractivity contribution < 1.29 is 32.5 Å². The van der Waals surface area contributed by atoms with Crippen LogP contribution >= 0.6 is 11.8 Å². The minimum absolute atomic E-state index is 0. The van der Waals surface area contributed by atoms with Crippen molar-refractivity contribution in [1.29, 1.82) is 0 Å². The van der Waals surface area contributed by atoms with E-state index in [9.17, 15) is 4.79 Å². The van der Waals surface area contributed by atoms with Crippen LogP contribution in [0, 0.1) is 0 Å². The molecule has 0 unspecified atom stereocenters. The molecule has 3 N–H and O–H groups in total. The molecular formula is C5H11CrNO3S. The number of nitrogens with one attached hydrogen (secondary N) is 1. The van der Waals surface area contributed by atoms with Gasteiger partial charge in [-0.3, -0.25) is 4.79 Å². The molecule has 0 spiro atoms. The summed E-state index contributed by atoms with van der Waals surface area (Å²) in [5.74, 6) is -0.290. The van der Waals surface area contributed by atoms with Crippen LogP contribution in [0.15, 0.2) is 0 Å². The molecule has 0 heterocycles. The van der Waals surface area contributed by atoms with Gasteiger partial charge in [0, 0.05) is 17.4 Å². The van der Waals surface area contributed by atoms with Crippen molar-refractivity contribution >= 4 is 17.7 Å². The van der Waals surface area contributed by atoms with E-state index < -0.39 is 12.0 Å². The fraction of sp³-hybridized carbons (Fsp3) is 0.800. The average Bonchev–Trinajstić information content (AvgIpc) is 1.89. The first-order valence-corrected chi connectivity index (χ1v) is 4.23. The fourth-order valence-corrected chi connectivity index (χ4v) is 0.950. The largest absolute Gasteiger partial charge is 0.480 e. The number of hydrogen-bond acceptors (Lipinski definition) is 4. The van der Waals surface area contributed by atoms with E-state index in [1.165, 1.54) is 0 Å². The molecule has 11 heavy (non-hydrogen) atoms. The van der Waals surface area contributed by atoms with Crippen LogP contribution in [0.5, 0.6) is 0 Å². The van der Waals surface area contributed by atoms with Gasteiger partial charge >= 0.3 is 5.97 Å². The van der Waals surface area contributed by atoms with Crippen molar-refractivity contribution in [2.24, 2.45) is 0 Å². The van der Waals surface area contributed by atoms with Gasteiger partial charge < -0.3 is 10.3 Å². The Morgan fingerprint density at radius 2 is 2.27 bits per heavy atom. The van der Waals surface area contributed by atoms with E-state index in [1.54, 1.807) is 17.2 Å². The molecule has 0 amide bonds. The number of aliphatic carboxylic acids is 1. The number of carboxylic acid groups (broad SMARTS) is 1. The molecule has 0 aliphatic carbocycles. The monoisotopic (exact) mass is 217 g/mol. The van der Waals surface area contributed by atoms with Gasteiger partial charge in [-0.15, -0.1) is 0 Å². The second-order valence-electron chi connectivity index (χ2n) is 1.80. The summed E-state index contributed by atoms with van der Waals surface area (Å²) in [7, 11) is 0. The molecule has 0 aromatic carbocycles. The minimum Gasteiger partial charge on any atom is -0.480 e. The van der Waals surface area contributed by atoms with Gasteiger partial charge in [-0.2, -0.15) is 17.2 Å². The molecule has 0 radical (unpaired) electrons. The van der Waals surface area contributed by atoms with Crippen LogP contribution in [0.1, 0.15) is 6.42 Å². The Morgan fingerprint density at radius 1 is 1.73 bits per heavy atom. The maximum Gasteiger partial charge on any atom is 0.323 e. The number of thioether (sulfide) groups is 1. The van der Waals surface area contributed by atoms with Crippen LogP contribution in [-0.4, -0.2) is 34.3 Å². The van der Waals surface area contributed by atoms with E-state index in [2.05, 4.69) is 0 Å². The smallest absolute Gasteiger partial charge is 0.323 e. The molecule has 0 aromatic rings. The third-order valence-electron chi connectivity index (χ3n) is 1.06. The zero-order chi connectivity index (χ0) is 7.98. The summed E-state index contributed by atoms with van der Waals surface area (Å²) in [6.07, 6.45) is 2.32. The first kappa shape index (κ1) is 13.8. The van der Waals surface area contributed by atoms with Gasteiger partial charge in [-0.05, 0) is 18.4 Å².